The molecule has 0 heterocycles. The highest BCUT2D eigenvalue weighted by Gasteiger charge is 2.68. The molecule has 0 unspecified atom stereocenters. The molecule has 0 aliphatic heterocycles. The molecule has 104 valence electrons. The summed E-state index contributed by atoms with van der Waals surface area (Å²) in [5.74, 6) is -5.05. The molecule has 0 saturated heterocycles. The van der Waals surface area contributed by atoms with Crippen LogP contribution >= 0.6 is 0 Å². The third-order valence-corrected chi connectivity index (χ3v) is 2.83. The van der Waals surface area contributed by atoms with Gasteiger partial charge in [-0.05, 0) is 12.8 Å². The molecule has 6 heteroatoms. The number of alkyl halides is 5. The third-order valence-electron chi connectivity index (χ3n) is 2.83. The summed E-state index contributed by atoms with van der Waals surface area (Å²) in [5.41, 5.74) is -2.97. The van der Waals surface area contributed by atoms with E-state index in [0.717, 1.165) is 0 Å². The van der Waals surface area contributed by atoms with Gasteiger partial charge in [0.25, 0.3) is 0 Å². The second-order valence-corrected chi connectivity index (χ2v) is 4.31. The lowest BCUT2D eigenvalue weighted by atomic mass is 9.84. The van der Waals surface area contributed by atoms with E-state index < -0.39 is 30.5 Å². The van der Waals surface area contributed by atoms with Gasteiger partial charge >= 0.3 is 12.1 Å². The average Bonchev–Trinajstić information content (AvgIpc) is 2.21. The number of unbranched alkanes of at least 4 members (excludes halogenated alkanes) is 2. The van der Waals surface area contributed by atoms with Crippen LogP contribution in [0, 0.1) is 0 Å². The molecule has 0 aromatic rings. The number of rotatable bonds is 7. The molecule has 0 radical (unpaired) electrons. The van der Waals surface area contributed by atoms with E-state index in [4.69, 9.17) is 0 Å². The third kappa shape index (κ3) is 3.79. The van der Waals surface area contributed by atoms with Crippen LogP contribution < -0.4 is 0 Å². The molecule has 0 fully saturated rings. The van der Waals surface area contributed by atoms with Crippen molar-refractivity contribution in [3.63, 3.8) is 0 Å². The van der Waals surface area contributed by atoms with Crippen molar-refractivity contribution in [2.75, 3.05) is 0 Å². The van der Waals surface area contributed by atoms with Gasteiger partial charge in [-0.15, -0.1) is 0 Å². The van der Waals surface area contributed by atoms with Crippen LogP contribution in [0.15, 0.2) is 0 Å². The Bertz CT molecular complexity index is 216. The minimum atomic E-state index is -5.71. The normalized spacial score (nSPS) is 14.1. The first-order chi connectivity index (χ1) is 7.62. The summed E-state index contributed by atoms with van der Waals surface area (Å²) in [6.07, 6.45) is -5.56. The van der Waals surface area contributed by atoms with Gasteiger partial charge in [0.05, 0.1) is 0 Å². The van der Waals surface area contributed by atoms with Crippen molar-refractivity contribution in [3.05, 3.63) is 0 Å². The summed E-state index contributed by atoms with van der Waals surface area (Å²) >= 11 is 0. The fourth-order valence-corrected chi connectivity index (χ4v) is 1.64. The summed E-state index contributed by atoms with van der Waals surface area (Å²) in [6.45, 7) is 3.35. The highest BCUT2D eigenvalue weighted by atomic mass is 19.4. The summed E-state index contributed by atoms with van der Waals surface area (Å²) < 4.78 is 63.3. The van der Waals surface area contributed by atoms with Crippen LogP contribution in [0.5, 0.6) is 0 Å². The largest absolute Gasteiger partial charge is 0.456 e. The molecular weight excluding hydrogens is 243 g/mol. The predicted octanol–water partition coefficient (Wildman–Crippen LogP) is 4.30. The molecule has 1 N–H and O–H groups in total. The molecule has 1 nitrogen and oxygen atoms in total. The zero-order chi connectivity index (χ0) is 13.7. The lowest BCUT2D eigenvalue weighted by Gasteiger charge is -2.37. The Labute approximate surface area is 98.0 Å². The second-order valence-electron chi connectivity index (χ2n) is 4.31. The van der Waals surface area contributed by atoms with Crippen LogP contribution in [-0.2, 0) is 0 Å². The first kappa shape index (κ1) is 16.6. The maximum absolute atomic E-state index is 13.3. The van der Waals surface area contributed by atoms with Crippen LogP contribution in [0.1, 0.15) is 52.4 Å². The van der Waals surface area contributed by atoms with Crippen molar-refractivity contribution in [1.29, 1.82) is 0 Å². The molecule has 0 aliphatic rings. The van der Waals surface area contributed by atoms with E-state index >= 15 is 0 Å². The van der Waals surface area contributed by atoms with E-state index in [1.54, 1.807) is 13.8 Å². The molecule has 0 spiro atoms. The average molecular weight is 262 g/mol. The fourth-order valence-electron chi connectivity index (χ4n) is 1.64. The molecule has 0 atom stereocenters. The van der Waals surface area contributed by atoms with Crippen LogP contribution in [0.25, 0.3) is 0 Å². The minimum absolute atomic E-state index is 0.145. The van der Waals surface area contributed by atoms with Gasteiger partial charge in [0.15, 0.2) is 0 Å². The number of aliphatic hydroxyl groups is 1. The smallest absolute Gasteiger partial charge is 0.383 e. The van der Waals surface area contributed by atoms with Gasteiger partial charge in [0.2, 0.25) is 0 Å². The van der Waals surface area contributed by atoms with Gasteiger partial charge in [-0.1, -0.05) is 39.5 Å². The molecular formula is C11H19F5O. The van der Waals surface area contributed by atoms with E-state index in [2.05, 4.69) is 0 Å². The molecule has 0 amide bonds. The number of hydrogen-bond acceptors (Lipinski definition) is 1. The van der Waals surface area contributed by atoms with E-state index in [-0.39, 0.29) is 12.8 Å². The van der Waals surface area contributed by atoms with E-state index in [1.807, 2.05) is 0 Å². The number of halogens is 5. The highest BCUT2D eigenvalue weighted by molar-refractivity contribution is 4.97. The highest BCUT2D eigenvalue weighted by Crippen LogP contribution is 2.47. The van der Waals surface area contributed by atoms with Crippen molar-refractivity contribution in [2.45, 2.75) is 70.1 Å². The van der Waals surface area contributed by atoms with Gasteiger partial charge in [0.1, 0.15) is 5.60 Å². The van der Waals surface area contributed by atoms with E-state index in [1.165, 1.54) is 0 Å². The first-order valence-electron chi connectivity index (χ1n) is 5.79. The lowest BCUT2D eigenvalue weighted by molar-refractivity contribution is -0.344. The van der Waals surface area contributed by atoms with Gasteiger partial charge in [0, 0.05) is 0 Å². The minimum Gasteiger partial charge on any atom is -0.383 e. The van der Waals surface area contributed by atoms with Gasteiger partial charge < -0.3 is 5.11 Å². The Kier molecular flexibility index (Phi) is 5.84. The second kappa shape index (κ2) is 5.98. The van der Waals surface area contributed by atoms with Gasteiger partial charge in [-0.3, -0.25) is 0 Å². The Balaban J connectivity index is 5.00. The molecule has 0 aromatic carbocycles. The Hall–Kier alpha value is -0.390. The molecule has 0 aliphatic carbocycles. The maximum atomic E-state index is 13.3. The van der Waals surface area contributed by atoms with Crippen molar-refractivity contribution in [3.8, 4) is 0 Å². The van der Waals surface area contributed by atoms with Crippen LogP contribution in [0.4, 0.5) is 22.0 Å². The zero-order valence-corrected chi connectivity index (χ0v) is 10.1. The van der Waals surface area contributed by atoms with Gasteiger partial charge in [-0.2, -0.15) is 22.0 Å². The Morgan fingerprint density at radius 1 is 0.824 bits per heavy atom. The van der Waals surface area contributed by atoms with Crippen molar-refractivity contribution in [1.82, 2.24) is 0 Å². The summed E-state index contributed by atoms with van der Waals surface area (Å²) in [5, 5.41) is 9.67. The topological polar surface area (TPSA) is 20.2 Å². The Morgan fingerprint density at radius 3 is 1.41 bits per heavy atom. The van der Waals surface area contributed by atoms with E-state index in [0.29, 0.717) is 12.8 Å². The van der Waals surface area contributed by atoms with Gasteiger partial charge in [-0.25, -0.2) is 0 Å². The first-order valence-corrected chi connectivity index (χ1v) is 5.79. The quantitative estimate of drug-likeness (QED) is 0.678. The lowest BCUT2D eigenvalue weighted by Crippen LogP contribution is -2.57. The van der Waals surface area contributed by atoms with Crippen LogP contribution in [0.3, 0.4) is 0 Å². The summed E-state index contributed by atoms with van der Waals surface area (Å²) in [7, 11) is 0. The number of hydrogen-bond donors (Lipinski definition) is 1. The standard InChI is InChI=1S/C11H19F5O/c1-3-5-7-9(17,8-6-4-2)10(12,13)11(14,15)16/h17H,3-8H2,1-2H3. The molecule has 0 aromatic heterocycles. The summed E-state index contributed by atoms with van der Waals surface area (Å²) in [4.78, 5) is 0. The molecule has 0 bridgehead atoms. The SMILES string of the molecule is CCCCC(O)(CCCC)C(F)(F)C(F)(F)F. The Morgan fingerprint density at radius 2 is 1.18 bits per heavy atom. The summed E-state index contributed by atoms with van der Waals surface area (Å²) in [6, 6.07) is 0. The molecule has 0 saturated carbocycles. The monoisotopic (exact) mass is 262 g/mol. The fraction of sp³-hybridized carbons (Fsp3) is 1.00. The van der Waals surface area contributed by atoms with Crippen molar-refractivity contribution >= 4 is 0 Å². The van der Waals surface area contributed by atoms with Crippen molar-refractivity contribution in [2.24, 2.45) is 0 Å². The van der Waals surface area contributed by atoms with E-state index in [9.17, 15) is 27.1 Å². The maximum Gasteiger partial charge on any atom is 0.456 e. The van der Waals surface area contributed by atoms with Crippen molar-refractivity contribution < 1.29 is 27.1 Å². The predicted molar refractivity (Wildman–Crippen MR) is 55.0 cm³/mol. The molecule has 0 rings (SSSR count). The van der Waals surface area contributed by atoms with Crippen LogP contribution in [0.2, 0.25) is 0 Å². The van der Waals surface area contributed by atoms with Crippen LogP contribution in [-0.4, -0.2) is 22.8 Å². The zero-order valence-electron chi connectivity index (χ0n) is 10.1. The molecule has 17 heavy (non-hydrogen) atoms.